The number of amides is 1. The Bertz CT molecular complexity index is 946. The van der Waals surface area contributed by atoms with Crippen LogP contribution in [0.15, 0.2) is 67.0 Å². The van der Waals surface area contributed by atoms with Gasteiger partial charge in [-0.05, 0) is 42.5 Å². The zero-order chi connectivity index (χ0) is 18.5. The van der Waals surface area contributed by atoms with Crippen LogP contribution in [0.3, 0.4) is 0 Å². The molecule has 0 saturated carbocycles. The summed E-state index contributed by atoms with van der Waals surface area (Å²) in [6, 6.07) is 12.2. The van der Waals surface area contributed by atoms with Crippen LogP contribution in [0, 0.1) is 15.9 Å². The van der Waals surface area contributed by atoms with Gasteiger partial charge in [0.15, 0.2) is 0 Å². The molecule has 0 aliphatic rings. The molecule has 0 aliphatic heterocycles. The van der Waals surface area contributed by atoms with Crippen molar-refractivity contribution in [2.45, 2.75) is 0 Å². The van der Waals surface area contributed by atoms with E-state index >= 15 is 0 Å². The number of carbonyl (C=O) groups is 1. The number of carbonyl (C=O) groups excluding carboxylic acids is 1. The van der Waals surface area contributed by atoms with Crippen molar-refractivity contribution in [2.24, 2.45) is 0 Å². The Morgan fingerprint density at radius 1 is 1.15 bits per heavy atom. The van der Waals surface area contributed by atoms with E-state index in [4.69, 9.17) is 4.74 Å². The zero-order valence-electron chi connectivity index (χ0n) is 13.3. The van der Waals surface area contributed by atoms with Crippen LogP contribution in [0.4, 0.5) is 15.8 Å². The molecule has 2 aromatic carbocycles. The highest BCUT2D eigenvalue weighted by Crippen LogP contribution is 2.33. The number of nitrogens with one attached hydrogen (secondary N) is 1. The number of rotatable bonds is 5. The minimum atomic E-state index is -0.586. The number of hydrogen-bond donors (Lipinski definition) is 1. The predicted molar refractivity (Wildman–Crippen MR) is 91.8 cm³/mol. The second-order valence-corrected chi connectivity index (χ2v) is 5.19. The third-order valence-electron chi connectivity index (χ3n) is 3.38. The molecule has 0 radical (unpaired) electrons. The largest absolute Gasteiger partial charge is 0.448 e. The highest BCUT2D eigenvalue weighted by Gasteiger charge is 2.18. The fourth-order valence-electron chi connectivity index (χ4n) is 2.16. The molecule has 130 valence electrons. The van der Waals surface area contributed by atoms with Crippen LogP contribution >= 0.6 is 0 Å². The van der Waals surface area contributed by atoms with Crippen molar-refractivity contribution in [3.05, 3.63) is 88.5 Å². The predicted octanol–water partition coefficient (Wildman–Crippen LogP) is 4.17. The van der Waals surface area contributed by atoms with Gasteiger partial charge >= 0.3 is 5.69 Å². The molecule has 7 nitrogen and oxygen atoms in total. The molecule has 0 bridgehead atoms. The second kappa shape index (κ2) is 7.39. The summed E-state index contributed by atoms with van der Waals surface area (Å²) >= 11 is 0. The van der Waals surface area contributed by atoms with Crippen molar-refractivity contribution in [1.82, 2.24) is 4.98 Å². The van der Waals surface area contributed by atoms with Crippen LogP contribution in [0.1, 0.15) is 10.4 Å². The van der Waals surface area contributed by atoms with Crippen molar-refractivity contribution in [2.75, 3.05) is 5.32 Å². The van der Waals surface area contributed by atoms with Crippen molar-refractivity contribution in [3.8, 4) is 11.5 Å². The van der Waals surface area contributed by atoms with Crippen LogP contribution < -0.4 is 10.1 Å². The van der Waals surface area contributed by atoms with E-state index in [1.54, 1.807) is 18.3 Å². The molecule has 3 rings (SSSR count). The average molecular weight is 353 g/mol. The van der Waals surface area contributed by atoms with Gasteiger partial charge in [0.25, 0.3) is 5.91 Å². The summed E-state index contributed by atoms with van der Waals surface area (Å²) in [5, 5.41) is 13.8. The maximum Gasteiger partial charge on any atom is 0.311 e. The lowest BCUT2D eigenvalue weighted by Crippen LogP contribution is -2.12. The summed E-state index contributed by atoms with van der Waals surface area (Å²) < 4.78 is 18.4. The lowest BCUT2D eigenvalue weighted by atomic mass is 10.2. The highest BCUT2D eigenvalue weighted by atomic mass is 19.1. The Morgan fingerprint density at radius 3 is 2.58 bits per heavy atom. The topological polar surface area (TPSA) is 94.4 Å². The zero-order valence-corrected chi connectivity index (χ0v) is 13.3. The minimum absolute atomic E-state index is 0.0418. The standard InChI is InChI=1S/C18H12FN3O4/c19-13-5-3-12(4-6-13)18(23)21-14-7-8-16(22(24)25)17(10-14)26-15-2-1-9-20-11-15/h1-11H,(H,21,23). The molecule has 1 amide bonds. The van der Waals surface area contributed by atoms with E-state index in [1.807, 2.05) is 0 Å². The number of ether oxygens (including phenoxy) is 1. The summed E-state index contributed by atoms with van der Waals surface area (Å²) in [6.07, 6.45) is 2.95. The van der Waals surface area contributed by atoms with Crippen molar-refractivity contribution in [3.63, 3.8) is 0 Å². The van der Waals surface area contributed by atoms with E-state index in [1.165, 1.54) is 48.7 Å². The number of aromatic nitrogens is 1. The van der Waals surface area contributed by atoms with Gasteiger partial charge in [-0.2, -0.15) is 0 Å². The minimum Gasteiger partial charge on any atom is -0.448 e. The van der Waals surface area contributed by atoms with Gasteiger partial charge in [0.1, 0.15) is 11.6 Å². The van der Waals surface area contributed by atoms with Gasteiger partial charge in [0.05, 0.1) is 11.1 Å². The maximum atomic E-state index is 12.9. The third kappa shape index (κ3) is 3.99. The molecule has 0 aliphatic carbocycles. The van der Waals surface area contributed by atoms with E-state index in [-0.39, 0.29) is 17.0 Å². The lowest BCUT2D eigenvalue weighted by Gasteiger charge is -2.09. The van der Waals surface area contributed by atoms with E-state index < -0.39 is 16.6 Å². The molecule has 1 aromatic heterocycles. The van der Waals surface area contributed by atoms with Crippen LogP contribution in [0.5, 0.6) is 11.5 Å². The number of nitro groups is 1. The number of hydrogen-bond acceptors (Lipinski definition) is 5. The number of anilines is 1. The van der Waals surface area contributed by atoms with Gasteiger partial charge in [-0.3, -0.25) is 19.9 Å². The first-order valence-electron chi connectivity index (χ1n) is 7.46. The first-order valence-corrected chi connectivity index (χ1v) is 7.46. The molecule has 1 N–H and O–H groups in total. The van der Waals surface area contributed by atoms with Crippen LogP contribution in [-0.4, -0.2) is 15.8 Å². The van der Waals surface area contributed by atoms with E-state index in [0.717, 1.165) is 0 Å². The van der Waals surface area contributed by atoms with Crippen LogP contribution in [0.25, 0.3) is 0 Å². The normalized spacial score (nSPS) is 10.2. The summed E-state index contributed by atoms with van der Waals surface area (Å²) in [4.78, 5) is 26.7. The fourth-order valence-corrected chi connectivity index (χ4v) is 2.16. The summed E-state index contributed by atoms with van der Waals surface area (Å²) in [5.41, 5.74) is 0.289. The molecule has 26 heavy (non-hydrogen) atoms. The molecule has 0 unspecified atom stereocenters. The van der Waals surface area contributed by atoms with Gasteiger partial charge in [-0.1, -0.05) is 0 Å². The smallest absolute Gasteiger partial charge is 0.311 e. The maximum absolute atomic E-state index is 12.9. The van der Waals surface area contributed by atoms with Crippen molar-refractivity contribution >= 4 is 17.3 Å². The summed E-state index contributed by atoms with van der Waals surface area (Å²) in [5.74, 6) is -0.659. The number of nitro benzene ring substituents is 1. The number of pyridine rings is 1. The Labute approximate surface area is 147 Å². The quantitative estimate of drug-likeness (QED) is 0.549. The van der Waals surface area contributed by atoms with Crippen molar-refractivity contribution in [1.29, 1.82) is 0 Å². The van der Waals surface area contributed by atoms with Gasteiger partial charge in [-0.15, -0.1) is 0 Å². The van der Waals surface area contributed by atoms with Gasteiger partial charge in [0.2, 0.25) is 5.75 Å². The van der Waals surface area contributed by atoms with Gasteiger partial charge < -0.3 is 10.1 Å². The molecule has 8 heteroatoms. The molecule has 0 fully saturated rings. The third-order valence-corrected chi connectivity index (χ3v) is 3.38. The number of halogens is 1. The molecular weight excluding hydrogens is 341 g/mol. The van der Waals surface area contributed by atoms with Crippen LogP contribution in [-0.2, 0) is 0 Å². The number of nitrogens with zero attached hydrogens (tertiary/aromatic N) is 2. The molecule has 0 atom stereocenters. The highest BCUT2D eigenvalue weighted by molar-refractivity contribution is 6.04. The molecule has 1 heterocycles. The van der Waals surface area contributed by atoms with Gasteiger partial charge in [-0.25, -0.2) is 4.39 Å². The molecule has 0 saturated heterocycles. The Morgan fingerprint density at radius 2 is 1.92 bits per heavy atom. The lowest BCUT2D eigenvalue weighted by molar-refractivity contribution is -0.385. The monoisotopic (exact) mass is 353 g/mol. The van der Waals surface area contributed by atoms with E-state index in [0.29, 0.717) is 11.4 Å². The summed E-state index contributed by atoms with van der Waals surface area (Å²) in [7, 11) is 0. The molecular formula is C18H12FN3O4. The second-order valence-electron chi connectivity index (χ2n) is 5.19. The first kappa shape index (κ1) is 17.0. The first-order chi connectivity index (χ1) is 12.5. The van der Waals surface area contributed by atoms with E-state index in [2.05, 4.69) is 10.3 Å². The van der Waals surface area contributed by atoms with Crippen LogP contribution in [0.2, 0.25) is 0 Å². The molecule has 3 aromatic rings. The SMILES string of the molecule is O=C(Nc1ccc([N+](=O)[O-])c(Oc2cccnc2)c1)c1ccc(F)cc1. The Balaban J connectivity index is 1.86. The average Bonchev–Trinajstić information content (AvgIpc) is 2.63. The Kier molecular flexibility index (Phi) is 4.84. The number of benzene rings is 2. The fraction of sp³-hybridized carbons (Fsp3) is 0. The Hall–Kier alpha value is -3.81. The van der Waals surface area contributed by atoms with E-state index in [9.17, 15) is 19.3 Å². The summed E-state index contributed by atoms with van der Waals surface area (Å²) in [6.45, 7) is 0. The van der Waals surface area contributed by atoms with Gasteiger partial charge in [0, 0.05) is 29.6 Å². The molecule has 0 spiro atoms. The van der Waals surface area contributed by atoms with Crippen molar-refractivity contribution < 1.29 is 18.8 Å².